The van der Waals surface area contributed by atoms with Crippen LogP contribution in [-0.4, -0.2) is 24.1 Å². The van der Waals surface area contributed by atoms with Gasteiger partial charge in [0.05, 0.1) is 10.7 Å². The predicted octanol–water partition coefficient (Wildman–Crippen LogP) is 3.52. The molecule has 3 rings (SSSR count). The van der Waals surface area contributed by atoms with Crippen LogP contribution in [-0.2, 0) is 0 Å². The minimum Gasteiger partial charge on any atom is -0.486 e. The van der Waals surface area contributed by atoms with E-state index in [1.165, 1.54) is 0 Å². The molecule has 2 aromatic rings. The number of carbonyl (C=O) groups is 1. The molecule has 5 nitrogen and oxygen atoms in total. The second kappa shape index (κ2) is 5.91. The molecule has 108 valence electrons. The van der Waals surface area contributed by atoms with Crippen molar-refractivity contribution in [2.45, 2.75) is 0 Å². The second-order valence-electron chi connectivity index (χ2n) is 4.29. The van der Waals surface area contributed by atoms with Crippen molar-refractivity contribution in [2.24, 2.45) is 0 Å². The fraction of sp³-hybridized carbons (Fsp3) is 0.143. The number of amides is 1. The summed E-state index contributed by atoms with van der Waals surface area (Å²) >= 11 is 9.41. The van der Waals surface area contributed by atoms with Crippen molar-refractivity contribution in [2.75, 3.05) is 18.5 Å². The summed E-state index contributed by atoms with van der Waals surface area (Å²) in [4.78, 5) is 16.2. The number of nitrogens with zero attached hydrogens (tertiary/aromatic N) is 1. The molecular formula is C14H10BrClN2O3. The number of carbonyl (C=O) groups excluding carboxylic acids is 1. The number of ether oxygens (including phenoxy) is 2. The molecule has 1 amide bonds. The molecular weight excluding hydrogens is 360 g/mol. The summed E-state index contributed by atoms with van der Waals surface area (Å²) in [5, 5.41) is 3.09. The fourth-order valence-electron chi connectivity index (χ4n) is 1.86. The van der Waals surface area contributed by atoms with Gasteiger partial charge in [0.25, 0.3) is 5.91 Å². The molecule has 0 spiro atoms. The quantitative estimate of drug-likeness (QED) is 0.880. The minimum absolute atomic E-state index is 0.296. The molecule has 1 N–H and O–H groups in total. The van der Waals surface area contributed by atoms with Gasteiger partial charge in [-0.3, -0.25) is 4.79 Å². The van der Waals surface area contributed by atoms with Gasteiger partial charge in [-0.1, -0.05) is 11.6 Å². The highest BCUT2D eigenvalue weighted by Gasteiger charge is 2.17. The average molecular weight is 370 g/mol. The highest BCUT2D eigenvalue weighted by atomic mass is 79.9. The van der Waals surface area contributed by atoms with Crippen LogP contribution in [0.1, 0.15) is 10.5 Å². The summed E-state index contributed by atoms with van der Waals surface area (Å²) in [5.41, 5.74) is 0.750. The SMILES string of the molecule is O=C(Nc1cc2c(cc1Cl)OCCO2)c1ccc(Br)cn1. The normalized spacial score (nSPS) is 12.9. The first-order chi connectivity index (χ1) is 10.1. The van der Waals surface area contributed by atoms with E-state index in [9.17, 15) is 4.79 Å². The van der Waals surface area contributed by atoms with Crippen LogP contribution in [0.5, 0.6) is 11.5 Å². The van der Waals surface area contributed by atoms with E-state index in [4.69, 9.17) is 21.1 Å². The lowest BCUT2D eigenvalue weighted by Crippen LogP contribution is -2.17. The van der Waals surface area contributed by atoms with Gasteiger partial charge >= 0.3 is 0 Å². The maximum absolute atomic E-state index is 12.1. The number of rotatable bonds is 2. The largest absolute Gasteiger partial charge is 0.486 e. The van der Waals surface area contributed by atoms with E-state index in [0.717, 1.165) is 4.47 Å². The monoisotopic (exact) mass is 368 g/mol. The summed E-state index contributed by atoms with van der Waals surface area (Å²) in [6, 6.07) is 6.63. The Morgan fingerprint density at radius 1 is 1.24 bits per heavy atom. The van der Waals surface area contributed by atoms with E-state index in [1.54, 1.807) is 30.5 Å². The highest BCUT2D eigenvalue weighted by Crippen LogP contribution is 2.38. The summed E-state index contributed by atoms with van der Waals surface area (Å²) in [5.74, 6) is 0.789. The van der Waals surface area contributed by atoms with E-state index >= 15 is 0 Å². The van der Waals surface area contributed by atoms with Crippen molar-refractivity contribution in [1.29, 1.82) is 0 Å². The standard InChI is InChI=1S/C14H10BrClN2O3/c15-8-1-2-10(17-7-8)14(19)18-11-6-13-12(5-9(11)16)20-3-4-21-13/h1-2,5-7H,3-4H2,(H,18,19). The van der Waals surface area contributed by atoms with Crippen molar-refractivity contribution in [3.8, 4) is 11.5 Å². The molecule has 2 heterocycles. The number of hydrogen-bond acceptors (Lipinski definition) is 4. The van der Waals surface area contributed by atoms with Crippen LogP contribution in [0.25, 0.3) is 0 Å². The van der Waals surface area contributed by atoms with Gasteiger partial charge in [0.2, 0.25) is 0 Å². The fourth-order valence-corrected chi connectivity index (χ4v) is 2.29. The molecule has 0 bridgehead atoms. The van der Waals surface area contributed by atoms with E-state index in [1.807, 2.05) is 0 Å². The van der Waals surface area contributed by atoms with Crippen molar-refractivity contribution >= 4 is 39.1 Å². The minimum atomic E-state index is -0.346. The lowest BCUT2D eigenvalue weighted by molar-refractivity contribution is 0.102. The summed E-state index contributed by atoms with van der Waals surface area (Å²) < 4.78 is 11.7. The Kier molecular flexibility index (Phi) is 3.98. The van der Waals surface area contributed by atoms with Crippen LogP contribution in [0.15, 0.2) is 34.9 Å². The maximum atomic E-state index is 12.1. The number of nitrogens with one attached hydrogen (secondary N) is 1. The molecule has 0 aliphatic carbocycles. The Bertz CT molecular complexity index is 691. The van der Waals surface area contributed by atoms with Crippen molar-refractivity contribution in [1.82, 2.24) is 4.98 Å². The smallest absolute Gasteiger partial charge is 0.274 e. The van der Waals surface area contributed by atoms with Gasteiger partial charge in [0.1, 0.15) is 18.9 Å². The zero-order valence-corrected chi connectivity index (χ0v) is 13.1. The second-order valence-corrected chi connectivity index (χ2v) is 5.61. The van der Waals surface area contributed by atoms with Gasteiger partial charge in [-0.15, -0.1) is 0 Å². The lowest BCUT2D eigenvalue weighted by Gasteiger charge is -2.19. The molecule has 1 aliphatic rings. The van der Waals surface area contributed by atoms with Crippen molar-refractivity contribution < 1.29 is 14.3 Å². The van der Waals surface area contributed by atoms with Crippen LogP contribution in [0.3, 0.4) is 0 Å². The average Bonchev–Trinajstić information content (AvgIpc) is 2.48. The van der Waals surface area contributed by atoms with Gasteiger partial charge in [0, 0.05) is 22.8 Å². The number of aromatic nitrogens is 1. The van der Waals surface area contributed by atoms with Gasteiger partial charge in [0.15, 0.2) is 11.5 Å². The Labute approximate surface area is 134 Å². The van der Waals surface area contributed by atoms with Crippen molar-refractivity contribution in [3.63, 3.8) is 0 Å². The number of halogens is 2. The van der Waals surface area contributed by atoms with Gasteiger partial charge in [-0.2, -0.15) is 0 Å². The maximum Gasteiger partial charge on any atom is 0.274 e. The molecule has 0 saturated heterocycles. The Morgan fingerprint density at radius 2 is 1.95 bits per heavy atom. The van der Waals surface area contributed by atoms with Crippen LogP contribution < -0.4 is 14.8 Å². The first-order valence-electron chi connectivity index (χ1n) is 6.15. The third kappa shape index (κ3) is 3.11. The summed E-state index contributed by atoms with van der Waals surface area (Å²) in [6.45, 7) is 0.953. The molecule has 0 atom stereocenters. The van der Waals surface area contributed by atoms with Gasteiger partial charge in [-0.05, 0) is 28.1 Å². The molecule has 0 radical (unpaired) electrons. The van der Waals surface area contributed by atoms with E-state index in [2.05, 4.69) is 26.2 Å². The van der Waals surface area contributed by atoms with E-state index < -0.39 is 0 Å². The molecule has 0 unspecified atom stereocenters. The van der Waals surface area contributed by atoms with Crippen LogP contribution in [0.4, 0.5) is 5.69 Å². The Hall–Kier alpha value is -1.79. The van der Waals surface area contributed by atoms with E-state index in [0.29, 0.717) is 41.1 Å². The Balaban J connectivity index is 1.84. The third-order valence-corrected chi connectivity index (χ3v) is 3.62. The third-order valence-electron chi connectivity index (χ3n) is 2.84. The molecule has 0 saturated carbocycles. The first-order valence-corrected chi connectivity index (χ1v) is 7.32. The molecule has 21 heavy (non-hydrogen) atoms. The molecule has 7 heteroatoms. The first kappa shape index (κ1) is 14.2. The van der Waals surface area contributed by atoms with Gasteiger partial charge in [-0.25, -0.2) is 4.98 Å². The number of benzene rings is 1. The summed E-state index contributed by atoms with van der Waals surface area (Å²) in [7, 11) is 0. The van der Waals surface area contributed by atoms with Gasteiger partial charge < -0.3 is 14.8 Å². The van der Waals surface area contributed by atoms with E-state index in [-0.39, 0.29) is 5.91 Å². The summed E-state index contributed by atoms with van der Waals surface area (Å²) in [6.07, 6.45) is 1.56. The molecule has 0 fully saturated rings. The topological polar surface area (TPSA) is 60.5 Å². The number of hydrogen-bond donors (Lipinski definition) is 1. The zero-order valence-electron chi connectivity index (χ0n) is 10.7. The zero-order chi connectivity index (χ0) is 14.8. The number of anilines is 1. The molecule has 1 aromatic heterocycles. The number of pyridine rings is 1. The van der Waals surface area contributed by atoms with Crippen LogP contribution in [0, 0.1) is 0 Å². The molecule has 1 aliphatic heterocycles. The lowest BCUT2D eigenvalue weighted by atomic mass is 10.2. The Morgan fingerprint density at radius 3 is 2.62 bits per heavy atom. The number of fused-ring (bicyclic) bond motifs is 1. The van der Waals surface area contributed by atoms with Crippen LogP contribution in [0.2, 0.25) is 5.02 Å². The highest BCUT2D eigenvalue weighted by molar-refractivity contribution is 9.10. The predicted molar refractivity (Wildman–Crippen MR) is 82.3 cm³/mol. The molecule has 1 aromatic carbocycles. The van der Waals surface area contributed by atoms with Crippen LogP contribution >= 0.6 is 27.5 Å². The van der Waals surface area contributed by atoms with Crippen molar-refractivity contribution in [3.05, 3.63) is 45.7 Å².